The summed E-state index contributed by atoms with van der Waals surface area (Å²) in [5.74, 6) is -1.16. The maximum atomic E-state index is 13.3. The monoisotopic (exact) mass is 275 g/mol. The van der Waals surface area contributed by atoms with Gasteiger partial charge in [0.15, 0.2) is 5.72 Å². The lowest BCUT2D eigenvalue weighted by molar-refractivity contribution is -0.240. The molecule has 0 amide bonds. The van der Waals surface area contributed by atoms with Crippen LogP contribution in [0, 0.1) is 5.82 Å². The van der Waals surface area contributed by atoms with E-state index in [0.717, 1.165) is 4.57 Å². The van der Waals surface area contributed by atoms with Gasteiger partial charge in [-0.15, -0.1) is 0 Å². The van der Waals surface area contributed by atoms with Crippen molar-refractivity contribution < 1.29 is 19.4 Å². The number of halogens is 1. The van der Waals surface area contributed by atoms with Crippen molar-refractivity contribution in [3.8, 4) is 0 Å². The molecule has 0 radical (unpaired) electrons. The Morgan fingerprint density at radius 3 is 2.79 bits per heavy atom. The maximum absolute atomic E-state index is 13.3. The van der Waals surface area contributed by atoms with Crippen molar-refractivity contribution in [1.29, 1.82) is 0 Å². The molecule has 0 aliphatic carbocycles. The highest BCUT2D eigenvalue weighted by Gasteiger charge is 2.46. The molecule has 8 nitrogen and oxygen atoms in total. The molecule has 1 aliphatic heterocycles. The van der Waals surface area contributed by atoms with Crippen LogP contribution in [0.1, 0.15) is 6.42 Å². The normalized spacial score (nSPS) is 27.9. The Bertz CT molecular complexity index is 585. The average Bonchev–Trinajstić information content (AvgIpc) is 2.71. The van der Waals surface area contributed by atoms with Gasteiger partial charge in [-0.3, -0.25) is 19.2 Å². The van der Waals surface area contributed by atoms with Crippen molar-refractivity contribution in [3.05, 3.63) is 32.9 Å². The van der Waals surface area contributed by atoms with Gasteiger partial charge in [0.25, 0.3) is 5.56 Å². The number of hydrogen-bond acceptors (Lipinski definition) is 6. The van der Waals surface area contributed by atoms with E-state index >= 15 is 0 Å². The van der Waals surface area contributed by atoms with Gasteiger partial charge < -0.3 is 10.2 Å². The number of aromatic nitrogens is 2. The Balaban J connectivity index is 2.52. The Hall–Kier alpha value is -1.55. The Labute approximate surface area is 106 Å². The van der Waals surface area contributed by atoms with Gasteiger partial charge in [0.2, 0.25) is 5.82 Å². The molecule has 1 aromatic rings. The van der Waals surface area contributed by atoms with Crippen molar-refractivity contribution in [1.82, 2.24) is 14.6 Å². The van der Waals surface area contributed by atoms with Crippen molar-refractivity contribution >= 4 is 0 Å². The van der Waals surface area contributed by atoms with Crippen LogP contribution in [-0.4, -0.2) is 51.1 Å². The van der Waals surface area contributed by atoms with Crippen molar-refractivity contribution in [2.75, 3.05) is 20.3 Å². The Morgan fingerprint density at radius 1 is 1.58 bits per heavy atom. The molecule has 1 aliphatic rings. The number of nitrogens with zero attached hydrogens (tertiary/aromatic N) is 2. The second kappa shape index (κ2) is 4.85. The predicted molar refractivity (Wildman–Crippen MR) is 60.7 cm³/mol. The number of aromatic amines is 1. The summed E-state index contributed by atoms with van der Waals surface area (Å²) in [5.41, 5.74) is -3.57. The van der Waals surface area contributed by atoms with Gasteiger partial charge in [-0.2, -0.15) is 9.45 Å². The van der Waals surface area contributed by atoms with Crippen molar-refractivity contribution in [2.24, 2.45) is 0 Å². The van der Waals surface area contributed by atoms with E-state index in [1.165, 1.54) is 12.1 Å². The molecule has 2 unspecified atom stereocenters. The van der Waals surface area contributed by atoms with Crippen LogP contribution in [0.4, 0.5) is 4.39 Å². The molecule has 19 heavy (non-hydrogen) atoms. The summed E-state index contributed by atoms with van der Waals surface area (Å²) >= 11 is 0. The summed E-state index contributed by atoms with van der Waals surface area (Å²) in [6, 6.07) is -0.450. The van der Waals surface area contributed by atoms with E-state index in [4.69, 9.17) is 9.94 Å². The van der Waals surface area contributed by atoms with Gasteiger partial charge in [0.1, 0.15) is 0 Å². The molecule has 2 atom stereocenters. The molecule has 1 aromatic heterocycles. The summed E-state index contributed by atoms with van der Waals surface area (Å²) in [6.45, 7) is -0.863. The quantitative estimate of drug-likeness (QED) is 0.586. The number of H-pyrrole nitrogens is 1. The van der Waals surface area contributed by atoms with Crippen LogP contribution in [-0.2, 0) is 10.6 Å². The number of rotatable bonds is 3. The third-order valence-corrected chi connectivity index (χ3v) is 3.18. The fourth-order valence-corrected chi connectivity index (χ4v) is 2.12. The maximum Gasteiger partial charge on any atom is 0.330 e. The number of aliphatic hydroxyl groups excluding tert-OH is 2. The van der Waals surface area contributed by atoms with Gasteiger partial charge in [-0.05, 0) is 0 Å². The number of likely N-dealkylation sites (N-methyl/N-ethyl adjacent to an activating group) is 1. The highest BCUT2D eigenvalue weighted by atomic mass is 19.1. The summed E-state index contributed by atoms with van der Waals surface area (Å²) in [6.07, 6.45) is 0.757. The predicted octanol–water partition coefficient (Wildman–Crippen LogP) is -2.05. The average molecular weight is 275 g/mol. The Morgan fingerprint density at radius 2 is 2.26 bits per heavy atom. The minimum atomic E-state index is -1.54. The fourth-order valence-electron chi connectivity index (χ4n) is 2.12. The molecule has 0 aromatic carbocycles. The summed E-state index contributed by atoms with van der Waals surface area (Å²) in [4.78, 5) is 29.9. The van der Waals surface area contributed by atoms with Gasteiger partial charge in [0, 0.05) is 13.5 Å². The third kappa shape index (κ3) is 2.21. The molecule has 2 rings (SSSR count). The molecule has 1 saturated heterocycles. The van der Waals surface area contributed by atoms with Crippen LogP contribution in [0.3, 0.4) is 0 Å². The molecule has 1 fully saturated rings. The summed E-state index contributed by atoms with van der Waals surface area (Å²) in [7, 11) is 1.52. The molecule has 9 heteroatoms. The Kier molecular flexibility index (Phi) is 3.54. The first kappa shape index (κ1) is 13.9. The van der Waals surface area contributed by atoms with Crippen molar-refractivity contribution in [3.63, 3.8) is 0 Å². The van der Waals surface area contributed by atoms with Crippen LogP contribution in [0.5, 0.6) is 0 Å². The zero-order chi connectivity index (χ0) is 14.2. The lowest BCUT2D eigenvalue weighted by Crippen LogP contribution is -2.47. The second-order valence-corrected chi connectivity index (χ2v) is 4.39. The van der Waals surface area contributed by atoms with E-state index in [-0.39, 0.29) is 13.0 Å². The number of nitrogens with one attached hydrogen (secondary N) is 1. The smallest absolute Gasteiger partial charge is 0.330 e. The van der Waals surface area contributed by atoms with E-state index in [0.29, 0.717) is 6.20 Å². The molecule has 106 valence electrons. The minimum Gasteiger partial charge on any atom is -0.395 e. The molecule has 0 bridgehead atoms. The molecule has 0 saturated carbocycles. The molecule has 0 spiro atoms. The van der Waals surface area contributed by atoms with Crippen LogP contribution >= 0.6 is 0 Å². The number of hydrogen-bond donors (Lipinski definition) is 3. The van der Waals surface area contributed by atoms with E-state index in [1.807, 2.05) is 0 Å². The van der Waals surface area contributed by atoms with Crippen LogP contribution in [0.25, 0.3) is 0 Å². The fraction of sp³-hybridized carbons (Fsp3) is 0.600. The largest absolute Gasteiger partial charge is 0.395 e. The van der Waals surface area contributed by atoms with Crippen LogP contribution < -0.4 is 11.2 Å². The van der Waals surface area contributed by atoms with E-state index in [9.17, 15) is 19.1 Å². The van der Waals surface area contributed by atoms with Crippen LogP contribution in [0.2, 0.25) is 0 Å². The molecular formula is C10H14FN3O5. The SMILES string of the molecule is CN1OC(CO)(n2cc(F)c(=O)[nH]c2=O)CC1CO. The minimum absolute atomic E-state index is 0.0713. The van der Waals surface area contributed by atoms with Gasteiger partial charge in [-0.1, -0.05) is 0 Å². The van der Waals surface area contributed by atoms with E-state index < -0.39 is 35.4 Å². The second-order valence-electron chi connectivity index (χ2n) is 4.39. The molecule has 2 heterocycles. The number of aliphatic hydroxyl groups is 2. The van der Waals surface area contributed by atoms with Crippen LogP contribution in [0.15, 0.2) is 15.8 Å². The van der Waals surface area contributed by atoms with E-state index in [2.05, 4.69) is 0 Å². The lowest BCUT2D eigenvalue weighted by Gasteiger charge is -2.27. The highest BCUT2D eigenvalue weighted by Crippen LogP contribution is 2.32. The number of hydroxylamine groups is 2. The van der Waals surface area contributed by atoms with Gasteiger partial charge >= 0.3 is 5.69 Å². The topological polar surface area (TPSA) is 108 Å². The molecular weight excluding hydrogens is 261 g/mol. The summed E-state index contributed by atoms with van der Waals surface area (Å²) < 4.78 is 14.1. The van der Waals surface area contributed by atoms with Crippen molar-refractivity contribution in [2.45, 2.75) is 18.2 Å². The summed E-state index contributed by atoms with van der Waals surface area (Å²) in [5, 5.41) is 19.9. The molecule has 3 N–H and O–H groups in total. The zero-order valence-electron chi connectivity index (χ0n) is 10.2. The highest BCUT2D eigenvalue weighted by molar-refractivity contribution is 4.95. The lowest BCUT2D eigenvalue weighted by atomic mass is 10.1. The first-order chi connectivity index (χ1) is 8.93. The standard InChI is InChI=1S/C10H14FN3O5/c1-13-6(4-15)2-10(5-16,19-13)14-3-7(11)8(17)12-9(14)18/h3,6,15-16H,2,4-5H2,1H3,(H,12,17,18). The van der Waals surface area contributed by atoms with Gasteiger partial charge in [0.05, 0.1) is 25.5 Å². The third-order valence-electron chi connectivity index (χ3n) is 3.18. The first-order valence-electron chi connectivity index (χ1n) is 5.59. The van der Waals surface area contributed by atoms with E-state index in [1.54, 1.807) is 4.98 Å². The zero-order valence-corrected chi connectivity index (χ0v) is 10.2. The first-order valence-corrected chi connectivity index (χ1v) is 5.59. The van der Waals surface area contributed by atoms with Gasteiger partial charge in [-0.25, -0.2) is 4.79 Å².